The van der Waals surface area contributed by atoms with Crippen LogP contribution < -0.4 is 0 Å². The molecule has 11 nitrogen and oxygen atoms in total. The van der Waals surface area contributed by atoms with Crippen molar-refractivity contribution in [2.24, 2.45) is 11.8 Å². The Bertz CT molecular complexity index is 1270. The average Bonchev–Trinajstić information content (AvgIpc) is 3.79. The molecule has 0 spiro atoms. The minimum atomic E-state index is -0.845. The lowest BCUT2D eigenvalue weighted by atomic mass is 9.83. The molecule has 11 heteroatoms. The van der Waals surface area contributed by atoms with E-state index in [-0.39, 0.29) is 97.7 Å². The molecule has 9 aliphatic rings. The molecule has 9 fully saturated rings. The third-order valence-corrected chi connectivity index (χ3v) is 13.1. The summed E-state index contributed by atoms with van der Waals surface area (Å²) < 4.78 is 52.4. The Balaban J connectivity index is 0.900. The van der Waals surface area contributed by atoms with Gasteiger partial charge in [0.05, 0.1) is 61.5 Å². The molecular weight excluding hydrogens is 644 g/mol. The quantitative estimate of drug-likeness (QED) is 0.269. The predicted octanol–water partition coefficient (Wildman–Crippen LogP) is 4.09. The maximum absolute atomic E-state index is 13.8. The van der Waals surface area contributed by atoms with Crippen LogP contribution in [0.15, 0.2) is 24.3 Å². The number of fused-ring (bicyclic) bond motifs is 1. The zero-order valence-electron chi connectivity index (χ0n) is 29.8. The van der Waals surface area contributed by atoms with E-state index in [1.165, 1.54) is 5.57 Å². The van der Waals surface area contributed by atoms with E-state index in [1.807, 2.05) is 0 Å². The molecular formula is C39H58O11. The van der Waals surface area contributed by atoms with Gasteiger partial charge in [0, 0.05) is 45.1 Å². The van der Waals surface area contributed by atoms with Crippen LogP contribution in [0.1, 0.15) is 97.3 Å². The highest BCUT2D eigenvalue weighted by Gasteiger charge is 2.68. The van der Waals surface area contributed by atoms with Crippen LogP contribution in [0.25, 0.3) is 0 Å². The Labute approximate surface area is 296 Å². The standard InChI is InChI=1S/C39H58O11/c1-5-29-21(3)12-27(44-29)8-10-39-18-33-35(49-39)36-37(48-33)38(50-39)34-30(47-36)7-6-26(46-34)15-24(41)13-23-14-28(16-25(42)19-40)45-32(23)17-31-22(4)20(2)9-11-43-31/h20,23,25-38,40,42H,3-19H2,1-2H3/t20-,23?,25?,26?,27?,28?,29?,30?,31?,32?,33-,34+,35?,36+,37?,38?,39+/m1/s1. The van der Waals surface area contributed by atoms with Crippen LogP contribution in [0.3, 0.4) is 0 Å². The zero-order valence-corrected chi connectivity index (χ0v) is 29.8. The van der Waals surface area contributed by atoms with Crippen LogP contribution in [0.2, 0.25) is 0 Å². The molecule has 6 bridgehead atoms. The first kappa shape index (κ1) is 35.8. The van der Waals surface area contributed by atoms with Crippen LogP contribution in [-0.2, 0) is 42.7 Å². The van der Waals surface area contributed by atoms with Crippen molar-refractivity contribution in [2.45, 2.75) is 189 Å². The third-order valence-electron chi connectivity index (χ3n) is 13.1. The summed E-state index contributed by atoms with van der Waals surface area (Å²) in [5, 5.41) is 19.6. The monoisotopic (exact) mass is 702 g/mol. The number of aliphatic hydroxyl groups is 2. The second-order valence-electron chi connectivity index (χ2n) is 16.6. The first-order valence-electron chi connectivity index (χ1n) is 19.5. The van der Waals surface area contributed by atoms with E-state index in [9.17, 15) is 15.0 Å². The lowest BCUT2D eigenvalue weighted by molar-refractivity contribution is -0.292. The summed E-state index contributed by atoms with van der Waals surface area (Å²) in [5.41, 5.74) is 2.25. The predicted molar refractivity (Wildman–Crippen MR) is 180 cm³/mol. The molecule has 0 aromatic heterocycles. The number of ether oxygens (including phenoxy) is 8. The van der Waals surface area contributed by atoms with Crippen LogP contribution >= 0.6 is 0 Å². The Hall–Kier alpha value is -1.25. The average molecular weight is 703 g/mol. The lowest BCUT2D eigenvalue weighted by Gasteiger charge is -2.47. The highest BCUT2D eigenvalue weighted by molar-refractivity contribution is 5.79. The van der Waals surface area contributed by atoms with Crippen LogP contribution in [0, 0.1) is 11.8 Å². The molecule has 0 aromatic carbocycles. The van der Waals surface area contributed by atoms with Gasteiger partial charge in [0.2, 0.25) is 0 Å². The van der Waals surface area contributed by atoms with Crippen molar-refractivity contribution in [2.75, 3.05) is 13.2 Å². The van der Waals surface area contributed by atoms with Crippen LogP contribution in [0.5, 0.6) is 0 Å². The molecule has 280 valence electrons. The van der Waals surface area contributed by atoms with E-state index in [4.69, 9.17) is 37.9 Å². The maximum atomic E-state index is 13.8. The number of hydrogen-bond donors (Lipinski definition) is 2. The van der Waals surface area contributed by atoms with Gasteiger partial charge in [-0.3, -0.25) is 4.79 Å². The van der Waals surface area contributed by atoms with Crippen molar-refractivity contribution in [3.63, 3.8) is 0 Å². The van der Waals surface area contributed by atoms with E-state index in [1.54, 1.807) is 0 Å². The number of rotatable bonds is 13. The molecule has 9 heterocycles. The lowest BCUT2D eigenvalue weighted by Crippen LogP contribution is -2.61. The molecule has 17 atom stereocenters. The second kappa shape index (κ2) is 14.5. The summed E-state index contributed by atoms with van der Waals surface area (Å²) in [6.07, 6.45) is 6.11. The van der Waals surface area contributed by atoms with E-state index < -0.39 is 11.9 Å². The topological polar surface area (TPSA) is 131 Å². The van der Waals surface area contributed by atoms with Gasteiger partial charge < -0.3 is 48.1 Å². The van der Waals surface area contributed by atoms with Gasteiger partial charge in [0.25, 0.3) is 0 Å². The van der Waals surface area contributed by atoms with E-state index >= 15 is 0 Å². The fourth-order valence-electron chi connectivity index (χ4n) is 10.3. The molecule has 0 amide bonds. The number of ketones is 1. The molecule has 50 heavy (non-hydrogen) atoms. The van der Waals surface area contributed by atoms with Crippen molar-refractivity contribution in [1.82, 2.24) is 0 Å². The van der Waals surface area contributed by atoms with E-state index in [0.29, 0.717) is 57.5 Å². The normalized spacial score (nSPS) is 48.6. The SMILES string of the molecule is C=C1CC(CC[C@@]23C[C@H]4OC5C(O2)[C@H]2OC(CC(=O)CC6CC(CC(O)CO)OC6CC6OCC[C@@H](C)C6=C)CCC2O[C@H]5C4O3)OC1CC. The molecule has 9 rings (SSSR count). The first-order chi connectivity index (χ1) is 24.1. The van der Waals surface area contributed by atoms with Crippen molar-refractivity contribution in [1.29, 1.82) is 0 Å². The van der Waals surface area contributed by atoms with Crippen molar-refractivity contribution in [3.8, 4) is 0 Å². The molecule has 0 aromatic rings. The van der Waals surface area contributed by atoms with Crippen molar-refractivity contribution >= 4 is 5.78 Å². The Kier molecular flexibility index (Phi) is 10.4. The van der Waals surface area contributed by atoms with Gasteiger partial charge in [-0.25, -0.2) is 0 Å². The molecule has 0 saturated carbocycles. The number of Topliss-reactive ketones (excluding diaryl/α,β-unsaturated/α-hetero) is 1. The minimum Gasteiger partial charge on any atom is -0.394 e. The largest absolute Gasteiger partial charge is 0.394 e. The van der Waals surface area contributed by atoms with Crippen LogP contribution in [0.4, 0.5) is 0 Å². The van der Waals surface area contributed by atoms with Gasteiger partial charge in [-0.15, -0.1) is 0 Å². The second-order valence-corrected chi connectivity index (χ2v) is 16.6. The van der Waals surface area contributed by atoms with Crippen molar-refractivity contribution < 1.29 is 52.9 Å². The van der Waals surface area contributed by atoms with Gasteiger partial charge in [-0.1, -0.05) is 27.0 Å². The fraction of sp³-hybridized carbons (Fsp3) is 0.872. The van der Waals surface area contributed by atoms with Gasteiger partial charge in [-0.05, 0) is 67.9 Å². The van der Waals surface area contributed by atoms with Gasteiger partial charge in [0.1, 0.15) is 36.3 Å². The van der Waals surface area contributed by atoms with Gasteiger partial charge in [0.15, 0.2) is 5.79 Å². The van der Waals surface area contributed by atoms with E-state index in [2.05, 4.69) is 27.0 Å². The Morgan fingerprint density at radius 2 is 1.70 bits per heavy atom. The molecule has 0 aliphatic carbocycles. The third kappa shape index (κ3) is 6.94. The zero-order chi connectivity index (χ0) is 34.7. The molecule has 0 radical (unpaired) electrons. The van der Waals surface area contributed by atoms with E-state index in [0.717, 1.165) is 44.1 Å². The number of carbonyl (C=O) groups is 1. The summed E-state index contributed by atoms with van der Waals surface area (Å²) in [5.74, 6) is -0.236. The van der Waals surface area contributed by atoms with Crippen LogP contribution in [-0.4, -0.2) is 120 Å². The molecule has 2 N–H and O–H groups in total. The summed E-state index contributed by atoms with van der Waals surface area (Å²) in [7, 11) is 0. The summed E-state index contributed by atoms with van der Waals surface area (Å²) in [6, 6.07) is 0. The van der Waals surface area contributed by atoms with Gasteiger partial charge in [-0.2, -0.15) is 0 Å². The first-order valence-corrected chi connectivity index (χ1v) is 19.5. The summed E-state index contributed by atoms with van der Waals surface area (Å²) >= 11 is 0. The fourth-order valence-corrected chi connectivity index (χ4v) is 10.3. The highest BCUT2D eigenvalue weighted by Crippen LogP contribution is 2.54. The van der Waals surface area contributed by atoms with Gasteiger partial charge >= 0.3 is 0 Å². The number of aliphatic hydroxyl groups excluding tert-OH is 2. The highest BCUT2D eigenvalue weighted by atomic mass is 16.8. The number of carbonyl (C=O) groups excluding carboxylic acids is 1. The van der Waals surface area contributed by atoms with Crippen molar-refractivity contribution in [3.05, 3.63) is 24.3 Å². The summed E-state index contributed by atoms with van der Waals surface area (Å²) in [4.78, 5) is 13.8. The minimum absolute atomic E-state index is 0.00595. The summed E-state index contributed by atoms with van der Waals surface area (Å²) in [6.45, 7) is 13.2. The molecule has 9 aliphatic heterocycles. The molecule has 12 unspecified atom stereocenters. The maximum Gasteiger partial charge on any atom is 0.172 e. The number of hydrogen-bond acceptors (Lipinski definition) is 11. The Morgan fingerprint density at radius 3 is 2.50 bits per heavy atom. The smallest absolute Gasteiger partial charge is 0.172 e. The Morgan fingerprint density at radius 1 is 0.900 bits per heavy atom. The molecule has 9 saturated heterocycles.